The molecule has 5 aromatic rings. The van der Waals surface area contributed by atoms with Crippen molar-refractivity contribution in [3.8, 4) is 17.0 Å². The number of amides is 3. The molecule has 0 aliphatic carbocycles. The van der Waals surface area contributed by atoms with E-state index in [-0.39, 0.29) is 23.0 Å². The third kappa shape index (κ3) is 9.37. The molecule has 3 amide bonds. The van der Waals surface area contributed by atoms with Gasteiger partial charge in [-0.05, 0) is 67.1 Å². The van der Waals surface area contributed by atoms with Crippen molar-refractivity contribution in [2.24, 2.45) is 0 Å². The molecule has 1 aromatic heterocycles. The minimum Gasteiger partial charge on any atom is -0.494 e. The number of nitro groups is 1. The number of thioether (sulfide) groups is 1. The summed E-state index contributed by atoms with van der Waals surface area (Å²) in [6, 6.07) is 28.9. The normalized spacial score (nSPS) is 11.0. The zero-order valence-electron chi connectivity index (χ0n) is 25.5. The van der Waals surface area contributed by atoms with Crippen molar-refractivity contribution >= 4 is 63.4 Å². The van der Waals surface area contributed by atoms with Crippen LogP contribution in [-0.4, -0.2) is 40.0 Å². The second-order valence-corrected chi connectivity index (χ2v) is 11.9. The molecule has 1 heterocycles. The number of ether oxygens (including phenoxy) is 1. The Morgan fingerprint density at radius 2 is 1.69 bits per heavy atom. The van der Waals surface area contributed by atoms with Gasteiger partial charge in [-0.3, -0.25) is 24.5 Å². The van der Waals surface area contributed by atoms with E-state index in [2.05, 4.69) is 20.9 Å². The van der Waals surface area contributed by atoms with Gasteiger partial charge in [-0.15, -0.1) is 23.1 Å². The van der Waals surface area contributed by atoms with Gasteiger partial charge >= 0.3 is 0 Å². The van der Waals surface area contributed by atoms with Gasteiger partial charge < -0.3 is 20.7 Å². The number of nitrogens with zero attached hydrogens (tertiary/aromatic N) is 2. The Balaban J connectivity index is 1.19. The lowest BCUT2D eigenvalue weighted by Gasteiger charge is -2.12. The van der Waals surface area contributed by atoms with Crippen molar-refractivity contribution < 1.29 is 24.0 Å². The minimum atomic E-state index is -0.513. The van der Waals surface area contributed by atoms with Crippen molar-refractivity contribution in [1.82, 2.24) is 10.3 Å². The summed E-state index contributed by atoms with van der Waals surface area (Å²) in [6.07, 6.45) is 1.59. The predicted molar refractivity (Wildman–Crippen MR) is 188 cm³/mol. The second-order valence-electron chi connectivity index (χ2n) is 10.0. The smallest absolute Gasteiger partial charge is 0.272 e. The number of thiazole rings is 1. The number of carbonyl (C=O) groups excluding carboxylic acids is 3. The van der Waals surface area contributed by atoms with Crippen molar-refractivity contribution in [3.05, 3.63) is 135 Å². The van der Waals surface area contributed by atoms with Crippen LogP contribution >= 0.6 is 23.1 Å². The van der Waals surface area contributed by atoms with Gasteiger partial charge in [0, 0.05) is 39.2 Å². The molecule has 0 unspecified atom stereocenters. The number of aromatic nitrogens is 1. The number of hydrogen-bond acceptors (Lipinski definition) is 9. The van der Waals surface area contributed by atoms with Crippen LogP contribution in [0.5, 0.6) is 5.75 Å². The molecule has 3 N–H and O–H groups in total. The molecule has 5 rings (SSSR count). The highest BCUT2D eigenvalue weighted by molar-refractivity contribution is 8.00. The van der Waals surface area contributed by atoms with Gasteiger partial charge in [0.1, 0.15) is 11.4 Å². The summed E-state index contributed by atoms with van der Waals surface area (Å²) < 4.78 is 5.49. The Kier molecular flexibility index (Phi) is 11.3. The molecule has 0 spiro atoms. The van der Waals surface area contributed by atoms with Crippen LogP contribution in [0.15, 0.2) is 119 Å². The lowest BCUT2D eigenvalue weighted by molar-refractivity contribution is -0.384. The summed E-state index contributed by atoms with van der Waals surface area (Å²) >= 11 is 2.53. The second kappa shape index (κ2) is 16.2. The molecule has 48 heavy (non-hydrogen) atoms. The van der Waals surface area contributed by atoms with Crippen LogP contribution in [0.25, 0.3) is 17.3 Å². The van der Waals surface area contributed by atoms with Gasteiger partial charge in [-0.2, -0.15) is 0 Å². The van der Waals surface area contributed by atoms with Crippen LogP contribution in [0.4, 0.5) is 16.5 Å². The first kappa shape index (κ1) is 33.6. The van der Waals surface area contributed by atoms with E-state index in [4.69, 9.17) is 4.74 Å². The highest BCUT2D eigenvalue weighted by Crippen LogP contribution is 2.28. The predicted octanol–water partition coefficient (Wildman–Crippen LogP) is 7.26. The third-order valence-electron chi connectivity index (χ3n) is 6.62. The fraction of sp³-hybridized carbons (Fsp3) is 0.0857. The fourth-order valence-corrected chi connectivity index (χ4v) is 5.75. The van der Waals surface area contributed by atoms with E-state index in [9.17, 15) is 24.5 Å². The van der Waals surface area contributed by atoms with E-state index in [0.29, 0.717) is 45.6 Å². The van der Waals surface area contributed by atoms with E-state index < -0.39 is 16.7 Å². The van der Waals surface area contributed by atoms with Crippen molar-refractivity contribution in [1.29, 1.82) is 0 Å². The summed E-state index contributed by atoms with van der Waals surface area (Å²) in [6.45, 7) is 2.42. The monoisotopic (exact) mass is 679 g/mol. The Morgan fingerprint density at radius 1 is 0.938 bits per heavy atom. The molecule has 11 nitrogen and oxygen atoms in total. The molecule has 13 heteroatoms. The van der Waals surface area contributed by atoms with E-state index >= 15 is 0 Å². The van der Waals surface area contributed by atoms with Gasteiger partial charge in [0.05, 0.1) is 23.0 Å². The Labute approximate surface area is 284 Å². The maximum Gasteiger partial charge on any atom is 0.272 e. The summed E-state index contributed by atoms with van der Waals surface area (Å²) in [5.41, 5.74) is 2.73. The van der Waals surface area contributed by atoms with E-state index in [1.807, 2.05) is 6.92 Å². The van der Waals surface area contributed by atoms with Gasteiger partial charge in [0.15, 0.2) is 5.13 Å². The number of hydrogen-bond donors (Lipinski definition) is 3. The quantitative estimate of drug-likeness (QED) is 0.0509. The van der Waals surface area contributed by atoms with Gasteiger partial charge in [0.25, 0.3) is 17.5 Å². The first-order valence-electron chi connectivity index (χ1n) is 14.6. The van der Waals surface area contributed by atoms with Crippen LogP contribution in [-0.2, 0) is 9.59 Å². The van der Waals surface area contributed by atoms with Crippen molar-refractivity contribution in [3.63, 3.8) is 0 Å². The summed E-state index contributed by atoms with van der Waals surface area (Å²) in [4.78, 5) is 54.6. The van der Waals surface area contributed by atoms with Crippen LogP contribution < -0.4 is 20.7 Å². The topological polar surface area (TPSA) is 153 Å². The van der Waals surface area contributed by atoms with Crippen LogP contribution in [0, 0.1) is 10.1 Å². The average molecular weight is 680 g/mol. The number of nitro benzene ring substituents is 1. The molecule has 0 aliphatic rings. The molecular weight excluding hydrogens is 651 g/mol. The van der Waals surface area contributed by atoms with Gasteiger partial charge in [0.2, 0.25) is 5.91 Å². The first-order valence-corrected chi connectivity index (χ1v) is 16.5. The molecule has 242 valence electrons. The number of nitrogens with one attached hydrogen (secondary N) is 3. The Hall–Kier alpha value is -5.79. The maximum absolute atomic E-state index is 13.4. The summed E-state index contributed by atoms with van der Waals surface area (Å²) in [5.74, 6) is -0.403. The SMILES string of the molecule is CCOc1ccc(/C=C(\NC(=O)c2ccccc2)C(=O)Nc2ccc(SCC(=O)Nc3nc(-c4cccc([N+](=O)[O-])c4)cs3)cc2)cc1. The molecule has 0 saturated heterocycles. The van der Waals surface area contributed by atoms with Gasteiger partial charge in [-0.1, -0.05) is 42.5 Å². The highest BCUT2D eigenvalue weighted by Gasteiger charge is 2.16. The van der Waals surface area contributed by atoms with E-state index in [1.165, 1.54) is 35.2 Å². The molecule has 0 saturated carbocycles. The van der Waals surface area contributed by atoms with Crippen LogP contribution in [0.2, 0.25) is 0 Å². The third-order valence-corrected chi connectivity index (χ3v) is 8.39. The Bertz CT molecular complexity index is 1940. The summed E-state index contributed by atoms with van der Waals surface area (Å²) in [7, 11) is 0. The minimum absolute atomic E-state index is 0.0382. The molecule has 0 radical (unpaired) electrons. The number of non-ortho nitro benzene ring substituents is 1. The van der Waals surface area contributed by atoms with Gasteiger partial charge in [-0.25, -0.2) is 4.98 Å². The molecule has 0 fully saturated rings. The number of carbonyl (C=O) groups is 3. The lowest BCUT2D eigenvalue weighted by atomic mass is 10.1. The zero-order valence-corrected chi connectivity index (χ0v) is 27.2. The fourth-order valence-electron chi connectivity index (χ4n) is 4.32. The largest absolute Gasteiger partial charge is 0.494 e. The zero-order chi connectivity index (χ0) is 33.9. The van der Waals surface area contributed by atoms with Crippen molar-refractivity contribution in [2.75, 3.05) is 23.0 Å². The van der Waals surface area contributed by atoms with Crippen molar-refractivity contribution in [2.45, 2.75) is 11.8 Å². The van der Waals surface area contributed by atoms with E-state index in [0.717, 1.165) is 4.90 Å². The number of benzene rings is 4. The van der Waals surface area contributed by atoms with E-state index in [1.54, 1.807) is 102 Å². The standard InChI is InChI=1S/C35H29N5O6S2/c1-2-46-28-15-11-23(12-16-28)19-30(37-33(42)24-7-4-3-5-8-24)34(43)36-26-13-17-29(18-14-26)47-22-32(41)39-35-38-31(21-48-35)25-9-6-10-27(20-25)40(44)45/h3-21H,2,22H2,1H3,(H,36,43)(H,37,42)(H,38,39,41)/b30-19-. The Morgan fingerprint density at radius 3 is 2.40 bits per heavy atom. The summed E-state index contributed by atoms with van der Waals surface area (Å²) in [5, 5.41) is 21.5. The number of anilines is 2. The van der Waals surface area contributed by atoms with Crippen LogP contribution in [0.3, 0.4) is 0 Å². The van der Waals surface area contributed by atoms with Crippen LogP contribution in [0.1, 0.15) is 22.8 Å². The highest BCUT2D eigenvalue weighted by atomic mass is 32.2. The molecular formula is C35H29N5O6S2. The average Bonchev–Trinajstić information content (AvgIpc) is 3.57. The number of rotatable bonds is 13. The lowest BCUT2D eigenvalue weighted by Crippen LogP contribution is -2.30. The molecule has 0 bridgehead atoms. The molecule has 0 atom stereocenters. The maximum atomic E-state index is 13.4. The molecule has 0 aliphatic heterocycles. The first-order chi connectivity index (χ1) is 23.3. The molecule has 4 aromatic carbocycles.